The van der Waals surface area contributed by atoms with Crippen LogP contribution in [0.5, 0.6) is 0 Å². The van der Waals surface area contributed by atoms with Crippen molar-refractivity contribution in [2.45, 2.75) is 38.4 Å². The summed E-state index contributed by atoms with van der Waals surface area (Å²) >= 11 is 0. The summed E-state index contributed by atoms with van der Waals surface area (Å²) in [5.41, 5.74) is 1.35. The van der Waals surface area contributed by atoms with Crippen LogP contribution in [-0.2, 0) is 11.3 Å². The number of nitrogens with zero attached hydrogens (tertiary/aromatic N) is 3. The summed E-state index contributed by atoms with van der Waals surface area (Å²) in [7, 11) is 0. The Morgan fingerprint density at radius 1 is 1.30 bits per heavy atom. The fraction of sp³-hybridized carbons (Fsp3) is 0.444. The second kappa shape index (κ2) is 7.42. The number of nitrogens with one attached hydrogen (secondary N) is 1. The molecule has 23 heavy (non-hydrogen) atoms. The zero-order chi connectivity index (χ0) is 16.1. The Morgan fingerprint density at radius 2 is 2.04 bits per heavy atom. The van der Waals surface area contributed by atoms with Gasteiger partial charge in [0.25, 0.3) is 0 Å². The highest BCUT2D eigenvalue weighted by Gasteiger charge is 2.23. The van der Waals surface area contributed by atoms with E-state index < -0.39 is 0 Å². The number of hydrogen-bond acceptors (Lipinski definition) is 3. The van der Waals surface area contributed by atoms with Gasteiger partial charge in [0.1, 0.15) is 6.04 Å². The zero-order valence-corrected chi connectivity index (χ0v) is 13.6. The number of piperidine rings is 1. The lowest BCUT2D eigenvalue weighted by atomic mass is 10.0. The fourth-order valence-electron chi connectivity index (χ4n) is 3.03. The largest absolute Gasteiger partial charge is 0.351 e. The normalized spacial score (nSPS) is 17.8. The number of rotatable bonds is 5. The molecular weight excluding hydrogens is 288 g/mol. The lowest BCUT2D eigenvalue weighted by Crippen LogP contribution is -2.46. The van der Waals surface area contributed by atoms with Crippen molar-refractivity contribution in [3.8, 4) is 0 Å². The van der Waals surface area contributed by atoms with E-state index in [1.165, 1.54) is 5.56 Å². The van der Waals surface area contributed by atoms with E-state index in [1.807, 2.05) is 23.8 Å². The lowest BCUT2D eigenvalue weighted by molar-refractivity contribution is -0.124. The molecule has 1 aliphatic rings. The van der Waals surface area contributed by atoms with Gasteiger partial charge in [-0.3, -0.25) is 9.69 Å². The molecule has 1 aromatic carbocycles. The molecule has 1 N–H and O–H groups in total. The highest BCUT2D eigenvalue weighted by molar-refractivity contribution is 5.80. The number of carbonyl (C=O) groups excluding carboxylic acids is 1. The second-order valence-corrected chi connectivity index (χ2v) is 6.23. The van der Waals surface area contributed by atoms with E-state index in [-0.39, 0.29) is 18.0 Å². The SMILES string of the molecule is C[C@@H](C(=O)NC1CCN(Cc2ccccc2)CC1)n1ccnc1. The highest BCUT2D eigenvalue weighted by atomic mass is 16.2. The maximum absolute atomic E-state index is 12.3. The van der Waals surface area contributed by atoms with E-state index in [0.717, 1.165) is 32.5 Å². The average Bonchev–Trinajstić information content (AvgIpc) is 3.11. The predicted octanol–water partition coefficient (Wildman–Crippen LogP) is 2.22. The van der Waals surface area contributed by atoms with Gasteiger partial charge in [0, 0.05) is 38.1 Å². The predicted molar refractivity (Wildman–Crippen MR) is 89.8 cm³/mol. The Labute approximate surface area is 137 Å². The first-order valence-electron chi connectivity index (χ1n) is 8.26. The van der Waals surface area contributed by atoms with Crippen LogP contribution in [0.25, 0.3) is 0 Å². The zero-order valence-electron chi connectivity index (χ0n) is 13.6. The molecular formula is C18H24N4O. The molecule has 0 unspecified atom stereocenters. The van der Waals surface area contributed by atoms with Gasteiger partial charge in [0.05, 0.1) is 6.33 Å². The van der Waals surface area contributed by atoms with E-state index >= 15 is 0 Å². The van der Waals surface area contributed by atoms with E-state index in [9.17, 15) is 4.79 Å². The van der Waals surface area contributed by atoms with Crippen molar-refractivity contribution in [3.05, 3.63) is 54.6 Å². The van der Waals surface area contributed by atoms with Gasteiger partial charge >= 0.3 is 0 Å². The molecule has 5 heteroatoms. The van der Waals surface area contributed by atoms with E-state index in [1.54, 1.807) is 12.5 Å². The minimum atomic E-state index is -0.208. The van der Waals surface area contributed by atoms with Gasteiger partial charge in [-0.2, -0.15) is 0 Å². The number of carbonyl (C=O) groups is 1. The molecule has 0 spiro atoms. The number of imidazole rings is 1. The minimum absolute atomic E-state index is 0.0736. The topological polar surface area (TPSA) is 50.2 Å². The maximum Gasteiger partial charge on any atom is 0.243 e. The van der Waals surface area contributed by atoms with Crippen molar-refractivity contribution >= 4 is 5.91 Å². The van der Waals surface area contributed by atoms with Crippen molar-refractivity contribution in [2.24, 2.45) is 0 Å². The lowest BCUT2D eigenvalue weighted by Gasteiger charge is -2.33. The Kier molecular flexibility index (Phi) is 5.08. The summed E-state index contributed by atoms with van der Waals surface area (Å²) in [5.74, 6) is 0.0736. The number of aromatic nitrogens is 2. The van der Waals surface area contributed by atoms with Crippen molar-refractivity contribution in [1.29, 1.82) is 0 Å². The quantitative estimate of drug-likeness (QED) is 0.921. The molecule has 1 saturated heterocycles. The van der Waals surface area contributed by atoms with Crippen molar-refractivity contribution < 1.29 is 4.79 Å². The molecule has 0 bridgehead atoms. The van der Waals surface area contributed by atoms with Crippen LogP contribution in [0.3, 0.4) is 0 Å². The summed E-state index contributed by atoms with van der Waals surface area (Å²) in [6.07, 6.45) is 7.23. The molecule has 1 aliphatic heterocycles. The maximum atomic E-state index is 12.3. The van der Waals surface area contributed by atoms with E-state index in [0.29, 0.717) is 0 Å². The fourth-order valence-corrected chi connectivity index (χ4v) is 3.03. The molecule has 0 aliphatic carbocycles. The van der Waals surface area contributed by atoms with Crippen LogP contribution in [0.2, 0.25) is 0 Å². The van der Waals surface area contributed by atoms with Crippen LogP contribution in [0, 0.1) is 0 Å². The summed E-state index contributed by atoms with van der Waals surface area (Å²) in [4.78, 5) is 18.8. The van der Waals surface area contributed by atoms with Crippen molar-refractivity contribution in [2.75, 3.05) is 13.1 Å². The molecule has 0 radical (unpaired) electrons. The average molecular weight is 312 g/mol. The molecule has 122 valence electrons. The number of hydrogen-bond donors (Lipinski definition) is 1. The third-order valence-corrected chi connectivity index (χ3v) is 4.53. The third kappa shape index (κ3) is 4.20. The molecule has 3 rings (SSSR count). The highest BCUT2D eigenvalue weighted by Crippen LogP contribution is 2.15. The van der Waals surface area contributed by atoms with Crippen LogP contribution in [0.4, 0.5) is 0 Å². The first-order valence-corrected chi connectivity index (χ1v) is 8.26. The standard InChI is InChI=1S/C18H24N4O/c1-15(22-12-9-19-14-22)18(23)20-17-7-10-21(11-8-17)13-16-5-3-2-4-6-16/h2-6,9,12,14-15,17H,7-8,10-11,13H2,1H3,(H,20,23)/t15-/m0/s1. The van der Waals surface area contributed by atoms with Gasteiger partial charge in [-0.1, -0.05) is 30.3 Å². The molecule has 1 amide bonds. The van der Waals surface area contributed by atoms with Gasteiger partial charge in [-0.15, -0.1) is 0 Å². The first kappa shape index (κ1) is 15.7. The summed E-state index contributed by atoms with van der Waals surface area (Å²) in [6.45, 7) is 4.95. The Hall–Kier alpha value is -2.14. The Morgan fingerprint density at radius 3 is 2.70 bits per heavy atom. The number of amides is 1. The van der Waals surface area contributed by atoms with Crippen molar-refractivity contribution in [3.63, 3.8) is 0 Å². The third-order valence-electron chi connectivity index (χ3n) is 4.53. The number of likely N-dealkylation sites (tertiary alicyclic amines) is 1. The molecule has 1 atom stereocenters. The monoisotopic (exact) mass is 312 g/mol. The van der Waals surface area contributed by atoms with Gasteiger partial charge < -0.3 is 9.88 Å². The molecule has 1 aromatic heterocycles. The first-order chi connectivity index (χ1) is 11.2. The summed E-state index contributed by atoms with van der Waals surface area (Å²) in [5, 5.41) is 3.18. The summed E-state index contributed by atoms with van der Waals surface area (Å²) in [6, 6.07) is 10.6. The molecule has 2 heterocycles. The molecule has 1 fully saturated rings. The van der Waals surface area contributed by atoms with Gasteiger partial charge in [0.2, 0.25) is 5.91 Å². The van der Waals surface area contributed by atoms with Crippen LogP contribution < -0.4 is 5.32 Å². The molecule has 5 nitrogen and oxygen atoms in total. The van der Waals surface area contributed by atoms with Crippen LogP contribution in [0.15, 0.2) is 49.1 Å². The molecule has 2 aromatic rings. The minimum Gasteiger partial charge on any atom is -0.351 e. The van der Waals surface area contributed by atoms with Crippen LogP contribution in [-0.4, -0.2) is 39.5 Å². The van der Waals surface area contributed by atoms with Gasteiger partial charge in [-0.25, -0.2) is 4.98 Å². The second-order valence-electron chi connectivity index (χ2n) is 6.23. The summed E-state index contributed by atoms with van der Waals surface area (Å²) < 4.78 is 1.83. The Bertz CT molecular complexity index is 603. The number of benzene rings is 1. The van der Waals surface area contributed by atoms with E-state index in [4.69, 9.17) is 0 Å². The smallest absolute Gasteiger partial charge is 0.243 e. The van der Waals surface area contributed by atoms with Crippen molar-refractivity contribution in [1.82, 2.24) is 19.8 Å². The van der Waals surface area contributed by atoms with E-state index in [2.05, 4.69) is 39.5 Å². The van der Waals surface area contributed by atoms with Crippen LogP contribution >= 0.6 is 0 Å². The van der Waals surface area contributed by atoms with Crippen LogP contribution in [0.1, 0.15) is 31.4 Å². The molecule has 0 saturated carbocycles. The Balaban J connectivity index is 1.45. The van der Waals surface area contributed by atoms with Gasteiger partial charge in [0.15, 0.2) is 0 Å². The van der Waals surface area contributed by atoms with Gasteiger partial charge in [-0.05, 0) is 25.3 Å².